The van der Waals surface area contributed by atoms with Gasteiger partial charge in [0, 0.05) is 13.7 Å². The monoisotopic (exact) mass is 264 g/mol. The number of benzene rings is 1. The summed E-state index contributed by atoms with van der Waals surface area (Å²) >= 11 is 0. The van der Waals surface area contributed by atoms with Crippen LogP contribution >= 0.6 is 0 Å². The number of ether oxygens (including phenoxy) is 1. The number of aromatic nitrogens is 2. The molecule has 0 amide bonds. The first-order valence-corrected chi connectivity index (χ1v) is 5.97. The lowest BCUT2D eigenvalue weighted by atomic mass is 10.1. The van der Waals surface area contributed by atoms with E-state index in [9.17, 15) is 4.79 Å². The maximum Gasteiger partial charge on any atom is 0.335 e. The highest BCUT2D eigenvalue weighted by Gasteiger charge is 2.15. The van der Waals surface area contributed by atoms with Gasteiger partial charge in [0.25, 0.3) is 0 Å². The number of aliphatic hydroxyl groups is 1. The number of nitrogens with zero attached hydrogens (tertiary/aromatic N) is 2. The Morgan fingerprint density at radius 3 is 2.95 bits per heavy atom. The molecule has 2 N–H and O–H groups in total. The second-order valence-corrected chi connectivity index (χ2v) is 4.28. The van der Waals surface area contributed by atoms with Gasteiger partial charge in [0.05, 0.1) is 35.6 Å². The number of carboxylic acids is 1. The minimum absolute atomic E-state index is 0.0340. The van der Waals surface area contributed by atoms with Crippen LogP contribution in [-0.4, -0.2) is 46.1 Å². The Morgan fingerprint density at radius 1 is 1.53 bits per heavy atom. The number of methoxy groups -OCH3 is 1. The van der Waals surface area contributed by atoms with E-state index in [0.29, 0.717) is 13.0 Å². The van der Waals surface area contributed by atoms with Gasteiger partial charge in [-0.05, 0) is 24.6 Å². The van der Waals surface area contributed by atoms with E-state index in [2.05, 4.69) is 4.98 Å². The topological polar surface area (TPSA) is 84.6 Å². The first-order chi connectivity index (χ1) is 9.17. The molecule has 0 aliphatic carbocycles. The van der Waals surface area contributed by atoms with Gasteiger partial charge in [0.15, 0.2) is 0 Å². The Bertz CT molecular complexity index is 573. The van der Waals surface area contributed by atoms with Crippen molar-refractivity contribution in [3.63, 3.8) is 0 Å². The third kappa shape index (κ3) is 2.74. The van der Waals surface area contributed by atoms with Crippen LogP contribution in [0, 0.1) is 0 Å². The van der Waals surface area contributed by atoms with Gasteiger partial charge in [-0.2, -0.15) is 0 Å². The minimum atomic E-state index is -0.972. The fraction of sp³-hybridized carbons (Fsp3) is 0.385. The van der Waals surface area contributed by atoms with Crippen molar-refractivity contribution < 1.29 is 19.7 Å². The Labute approximate surface area is 110 Å². The van der Waals surface area contributed by atoms with Crippen molar-refractivity contribution in [1.82, 2.24) is 9.55 Å². The Kier molecular flexibility index (Phi) is 4.13. The van der Waals surface area contributed by atoms with Gasteiger partial charge in [-0.15, -0.1) is 0 Å². The summed E-state index contributed by atoms with van der Waals surface area (Å²) in [7, 11) is 1.59. The largest absolute Gasteiger partial charge is 0.478 e. The van der Waals surface area contributed by atoms with Gasteiger partial charge in [-0.25, -0.2) is 9.78 Å². The molecule has 1 atom stereocenters. The van der Waals surface area contributed by atoms with E-state index < -0.39 is 5.97 Å². The summed E-state index contributed by atoms with van der Waals surface area (Å²) in [5.41, 5.74) is 1.67. The molecule has 0 bridgehead atoms. The smallest absolute Gasteiger partial charge is 0.335 e. The lowest BCUT2D eigenvalue weighted by molar-refractivity contribution is 0.0697. The van der Waals surface area contributed by atoms with E-state index in [4.69, 9.17) is 14.9 Å². The van der Waals surface area contributed by atoms with Crippen molar-refractivity contribution >= 4 is 17.0 Å². The Balaban J connectivity index is 2.46. The van der Waals surface area contributed by atoms with Crippen LogP contribution in [0.1, 0.15) is 22.8 Å². The molecule has 0 fully saturated rings. The van der Waals surface area contributed by atoms with Gasteiger partial charge in [0.1, 0.15) is 0 Å². The molecule has 2 rings (SSSR count). The number of imidazole rings is 1. The van der Waals surface area contributed by atoms with Crippen molar-refractivity contribution in [3.8, 4) is 0 Å². The van der Waals surface area contributed by atoms with Gasteiger partial charge >= 0.3 is 5.97 Å². The van der Waals surface area contributed by atoms with Gasteiger partial charge < -0.3 is 19.5 Å². The fourth-order valence-electron chi connectivity index (χ4n) is 2.09. The zero-order valence-electron chi connectivity index (χ0n) is 10.6. The molecule has 0 saturated carbocycles. The summed E-state index contributed by atoms with van der Waals surface area (Å²) in [4.78, 5) is 15.2. The molecular formula is C13H16N2O4. The van der Waals surface area contributed by atoms with Gasteiger partial charge in [0.2, 0.25) is 0 Å². The molecule has 0 aliphatic heterocycles. The molecule has 1 aromatic heterocycles. The maximum absolute atomic E-state index is 11.0. The second-order valence-electron chi connectivity index (χ2n) is 4.28. The van der Waals surface area contributed by atoms with Crippen molar-refractivity contribution in [3.05, 3.63) is 30.1 Å². The minimum Gasteiger partial charge on any atom is -0.478 e. The van der Waals surface area contributed by atoms with Crippen LogP contribution in [0.25, 0.3) is 11.0 Å². The number of hydrogen-bond donors (Lipinski definition) is 2. The molecule has 0 saturated heterocycles. The molecule has 6 heteroatoms. The van der Waals surface area contributed by atoms with Gasteiger partial charge in [-0.3, -0.25) is 0 Å². The molecule has 1 heterocycles. The summed E-state index contributed by atoms with van der Waals surface area (Å²) in [5.74, 6) is -0.972. The van der Waals surface area contributed by atoms with Crippen LogP contribution in [-0.2, 0) is 4.74 Å². The van der Waals surface area contributed by atoms with E-state index >= 15 is 0 Å². The summed E-state index contributed by atoms with van der Waals surface area (Å²) in [6.07, 6.45) is 2.17. The number of aromatic carboxylic acids is 1. The average molecular weight is 264 g/mol. The van der Waals surface area contributed by atoms with Crippen LogP contribution in [0.4, 0.5) is 0 Å². The van der Waals surface area contributed by atoms with Crippen LogP contribution in [0.15, 0.2) is 24.5 Å². The zero-order chi connectivity index (χ0) is 13.8. The molecular weight excluding hydrogens is 248 g/mol. The number of fused-ring (bicyclic) bond motifs is 1. The standard InChI is InChI=1S/C13H16N2O4/c1-19-7-10(4-5-16)15-8-14-11-3-2-9(13(17)18)6-12(11)15/h2-3,6,8,10,16H,4-5,7H2,1H3,(H,17,18). The van der Waals surface area contributed by atoms with Crippen LogP contribution < -0.4 is 0 Å². The Morgan fingerprint density at radius 2 is 2.32 bits per heavy atom. The van der Waals surface area contributed by atoms with Crippen LogP contribution in [0.5, 0.6) is 0 Å². The molecule has 2 aromatic rings. The highest BCUT2D eigenvalue weighted by Crippen LogP contribution is 2.21. The van der Waals surface area contributed by atoms with E-state index in [1.165, 1.54) is 6.07 Å². The zero-order valence-corrected chi connectivity index (χ0v) is 10.6. The highest BCUT2D eigenvalue weighted by atomic mass is 16.5. The molecule has 0 spiro atoms. The molecule has 1 aromatic carbocycles. The van der Waals surface area contributed by atoms with Crippen molar-refractivity contribution in [2.24, 2.45) is 0 Å². The lowest BCUT2D eigenvalue weighted by Crippen LogP contribution is -2.15. The molecule has 0 radical (unpaired) electrons. The lowest BCUT2D eigenvalue weighted by Gasteiger charge is -2.17. The van der Waals surface area contributed by atoms with Crippen LogP contribution in [0.3, 0.4) is 0 Å². The maximum atomic E-state index is 11.0. The molecule has 102 valence electrons. The van der Waals surface area contributed by atoms with Crippen molar-refractivity contribution in [2.45, 2.75) is 12.5 Å². The van der Waals surface area contributed by atoms with E-state index in [0.717, 1.165) is 11.0 Å². The number of carboxylic acid groups (broad SMARTS) is 1. The normalized spacial score (nSPS) is 12.7. The summed E-state index contributed by atoms with van der Waals surface area (Å²) in [6, 6.07) is 4.73. The van der Waals surface area contributed by atoms with Crippen molar-refractivity contribution in [1.29, 1.82) is 0 Å². The summed E-state index contributed by atoms with van der Waals surface area (Å²) < 4.78 is 6.98. The Hall–Kier alpha value is -1.92. The second kappa shape index (κ2) is 5.81. The SMILES string of the molecule is COCC(CCO)n1cnc2ccc(C(=O)O)cc21. The molecule has 0 aliphatic rings. The average Bonchev–Trinajstić information content (AvgIpc) is 2.81. The summed E-state index contributed by atoms with van der Waals surface area (Å²) in [5, 5.41) is 18.1. The van der Waals surface area contributed by atoms with Crippen LogP contribution in [0.2, 0.25) is 0 Å². The number of carbonyl (C=O) groups is 1. The number of aliphatic hydroxyl groups excluding tert-OH is 1. The first-order valence-electron chi connectivity index (χ1n) is 5.97. The summed E-state index contributed by atoms with van der Waals surface area (Å²) in [6.45, 7) is 0.468. The van der Waals surface area contributed by atoms with Gasteiger partial charge in [-0.1, -0.05) is 0 Å². The molecule has 1 unspecified atom stereocenters. The van der Waals surface area contributed by atoms with E-state index in [-0.39, 0.29) is 18.2 Å². The van der Waals surface area contributed by atoms with E-state index in [1.54, 1.807) is 25.6 Å². The highest BCUT2D eigenvalue weighted by molar-refractivity contribution is 5.92. The molecule has 6 nitrogen and oxygen atoms in total. The number of rotatable bonds is 6. The predicted octanol–water partition coefficient (Wildman–Crippen LogP) is 1.30. The predicted molar refractivity (Wildman–Crippen MR) is 69.3 cm³/mol. The van der Waals surface area contributed by atoms with Crippen molar-refractivity contribution in [2.75, 3.05) is 20.3 Å². The quantitative estimate of drug-likeness (QED) is 0.821. The first kappa shape index (κ1) is 13.5. The third-order valence-electron chi connectivity index (χ3n) is 3.04. The molecule has 19 heavy (non-hydrogen) atoms. The van der Waals surface area contributed by atoms with E-state index in [1.807, 2.05) is 4.57 Å². The number of hydrogen-bond acceptors (Lipinski definition) is 4. The fourth-order valence-corrected chi connectivity index (χ4v) is 2.09. The third-order valence-corrected chi connectivity index (χ3v) is 3.04.